The number of hydrogen-bond acceptors (Lipinski definition) is 13. The van der Waals surface area contributed by atoms with Gasteiger partial charge in [0, 0.05) is 24.8 Å². The van der Waals surface area contributed by atoms with Gasteiger partial charge in [0.1, 0.15) is 11.3 Å². The first-order valence-electron chi connectivity index (χ1n) is 10.5. The maximum Gasteiger partial charge on any atom is 0.363 e. The first-order chi connectivity index (χ1) is 17.2. The molecule has 0 saturated carbocycles. The Bertz CT molecular complexity index is 1230. The molecule has 14 nitrogen and oxygen atoms in total. The number of carbonyl (C=O) groups excluding carboxylic acids is 5. The smallest absolute Gasteiger partial charge is 0.363 e. The van der Waals surface area contributed by atoms with Crippen molar-refractivity contribution in [3.8, 4) is 11.5 Å². The lowest BCUT2D eigenvalue weighted by Gasteiger charge is -2.19. The molecule has 0 radical (unpaired) electrons. The van der Waals surface area contributed by atoms with Crippen molar-refractivity contribution >= 4 is 51.9 Å². The molecule has 198 valence electrons. The van der Waals surface area contributed by atoms with Gasteiger partial charge in [-0.2, -0.15) is 0 Å². The van der Waals surface area contributed by atoms with Gasteiger partial charge in [-0.25, -0.2) is 9.78 Å². The molecule has 2 aromatic rings. The number of anilines is 1. The number of amides is 2. The highest BCUT2D eigenvalue weighted by molar-refractivity contribution is 7.13. The van der Waals surface area contributed by atoms with Crippen LogP contribution in [0.4, 0.5) is 5.13 Å². The van der Waals surface area contributed by atoms with Gasteiger partial charge in [0.05, 0.1) is 0 Å². The Morgan fingerprint density at radius 1 is 1.03 bits per heavy atom. The molecule has 0 aliphatic heterocycles. The summed E-state index contributed by atoms with van der Waals surface area (Å²) in [6.45, 7) is 6.58. The minimum absolute atomic E-state index is 0.0280. The maximum absolute atomic E-state index is 12.5. The Balaban J connectivity index is 2.02. The zero-order chi connectivity index (χ0) is 27.8. The number of ether oxygens (including phenoxy) is 3. The zero-order valence-corrected chi connectivity index (χ0v) is 21.4. The van der Waals surface area contributed by atoms with Crippen LogP contribution in [0, 0.1) is 0 Å². The summed E-state index contributed by atoms with van der Waals surface area (Å²) in [5, 5.41) is 5.31. The second-order valence-corrected chi connectivity index (χ2v) is 9.03. The highest BCUT2D eigenvalue weighted by atomic mass is 32.1. The number of aromatic nitrogens is 1. The standard InChI is InChI=1S/C22H25N5O9S/c1-11(28)34-15-7-6-13(8-16(15)35-12(2)29)19(31)26-25-17(30)9-33-27-18(14-10-37-21(23)24-14)20(32)36-22(3,4)5/h6-8,10H,9H2,1-5H3,(H2,23,24)(H,25,30)(H,26,31)/b27-18-. The molecule has 2 rings (SSSR count). The summed E-state index contributed by atoms with van der Waals surface area (Å²) in [7, 11) is 0. The molecular weight excluding hydrogens is 510 g/mol. The Morgan fingerprint density at radius 2 is 1.68 bits per heavy atom. The van der Waals surface area contributed by atoms with E-state index in [0.29, 0.717) is 0 Å². The third-order valence-corrected chi connectivity index (χ3v) is 4.41. The molecule has 37 heavy (non-hydrogen) atoms. The summed E-state index contributed by atoms with van der Waals surface area (Å²) in [5.41, 5.74) is 8.79. The summed E-state index contributed by atoms with van der Waals surface area (Å²) in [4.78, 5) is 68.4. The number of carbonyl (C=O) groups is 5. The third kappa shape index (κ3) is 9.56. The molecule has 2 amide bonds. The van der Waals surface area contributed by atoms with Gasteiger partial charge in [-0.3, -0.25) is 30.0 Å². The SMILES string of the molecule is CC(=O)Oc1ccc(C(=O)NNC(=O)CO/N=C(\C(=O)OC(C)(C)C)c2csc(N)n2)cc1OC(C)=O. The quantitative estimate of drug-likeness (QED) is 0.189. The fourth-order valence-corrected chi connectivity index (χ4v) is 2.97. The van der Waals surface area contributed by atoms with Crippen molar-refractivity contribution in [1.29, 1.82) is 0 Å². The summed E-state index contributed by atoms with van der Waals surface area (Å²) in [5.74, 6) is -4.06. The van der Waals surface area contributed by atoms with E-state index in [1.165, 1.54) is 17.5 Å². The number of nitrogens with two attached hydrogens (primary N) is 1. The number of hydrazine groups is 1. The van der Waals surface area contributed by atoms with Gasteiger partial charge in [-0.05, 0) is 39.0 Å². The Hall–Kier alpha value is -4.53. The van der Waals surface area contributed by atoms with Gasteiger partial charge in [0.2, 0.25) is 5.71 Å². The zero-order valence-electron chi connectivity index (χ0n) is 20.6. The van der Waals surface area contributed by atoms with Gasteiger partial charge in [-0.1, -0.05) is 5.16 Å². The van der Waals surface area contributed by atoms with Crippen LogP contribution in [-0.2, 0) is 28.8 Å². The minimum Gasteiger partial charge on any atom is -0.455 e. The van der Waals surface area contributed by atoms with Crippen molar-refractivity contribution < 1.29 is 43.0 Å². The van der Waals surface area contributed by atoms with Crippen LogP contribution >= 0.6 is 11.3 Å². The van der Waals surface area contributed by atoms with E-state index in [1.54, 1.807) is 20.8 Å². The summed E-state index contributed by atoms with van der Waals surface area (Å²) >= 11 is 1.07. The average molecular weight is 536 g/mol. The first-order valence-corrected chi connectivity index (χ1v) is 11.4. The lowest BCUT2D eigenvalue weighted by atomic mass is 10.2. The number of nitrogens with zero attached hydrogens (tertiary/aromatic N) is 2. The van der Waals surface area contributed by atoms with Crippen LogP contribution in [0.1, 0.15) is 50.7 Å². The van der Waals surface area contributed by atoms with Crippen molar-refractivity contribution in [2.45, 2.75) is 40.2 Å². The number of nitrogens with one attached hydrogen (secondary N) is 2. The lowest BCUT2D eigenvalue weighted by Crippen LogP contribution is -2.43. The topological polar surface area (TPSA) is 198 Å². The Kier molecular flexibility index (Phi) is 9.65. The average Bonchev–Trinajstić information content (AvgIpc) is 3.20. The van der Waals surface area contributed by atoms with E-state index in [9.17, 15) is 24.0 Å². The number of thiazole rings is 1. The van der Waals surface area contributed by atoms with Crippen molar-refractivity contribution in [3.05, 3.63) is 34.8 Å². The van der Waals surface area contributed by atoms with Crippen molar-refractivity contribution in [3.63, 3.8) is 0 Å². The summed E-state index contributed by atoms with van der Waals surface area (Å²) in [6.07, 6.45) is 0. The van der Waals surface area contributed by atoms with E-state index in [4.69, 9.17) is 24.8 Å². The highest BCUT2D eigenvalue weighted by Crippen LogP contribution is 2.29. The molecule has 1 aromatic heterocycles. The maximum atomic E-state index is 12.5. The molecule has 0 fully saturated rings. The van der Waals surface area contributed by atoms with E-state index in [1.807, 2.05) is 0 Å². The van der Waals surface area contributed by atoms with E-state index in [2.05, 4.69) is 21.0 Å². The van der Waals surface area contributed by atoms with E-state index in [0.717, 1.165) is 31.3 Å². The van der Waals surface area contributed by atoms with Crippen LogP contribution < -0.4 is 26.1 Å². The number of oxime groups is 1. The second kappa shape index (κ2) is 12.4. The minimum atomic E-state index is -0.840. The molecule has 0 aliphatic carbocycles. The Morgan fingerprint density at radius 3 is 2.24 bits per heavy atom. The number of esters is 3. The molecule has 0 spiro atoms. The molecule has 0 saturated heterocycles. The predicted molar refractivity (Wildman–Crippen MR) is 130 cm³/mol. The second-order valence-electron chi connectivity index (χ2n) is 8.14. The fourth-order valence-electron chi connectivity index (χ4n) is 2.42. The van der Waals surface area contributed by atoms with Crippen LogP contribution in [0.25, 0.3) is 0 Å². The molecule has 1 heterocycles. The Labute approximate surface area is 215 Å². The third-order valence-electron chi connectivity index (χ3n) is 3.74. The predicted octanol–water partition coefficient (Wildman–Crippen LogP) is 1.10. The molecule has 0 unspecified atom stereocenters. The highest BCUT2D eigenvalue weighted by Gasteiger charge is 2.25. The lowest BCUT2D eigenvalue weighted by molar-refractivity contribution is -0.146. The van der Waals surface area contributed by atoms with Crippen molar-refractivity contribution in [2.24, 2.45) is 5.16 Å². The van der Waals surface area contributed by atoms with E-state index in [-0.39, 0.29) is 33.6 Å². The number of hydrogen-bond donors (Lipinski definition) is 3. The van der Waals surface area contributed by atoms with Crippen molar-refractivity contribution in [2.75, 3.05) is 12.3 Å². The van der Waals surface area contributed by atoms with Crippen LogP contribution in [0.15, 0.2) is 28.7 Å². The van der Waals surface area contributed by atoms with Gasteiger partial charge in [0.25, 0.3) is 11.8 Å². The molecule has 0 aliphatic rings. The molecule has 0 bridgehead atoms. The monoisotopic (exact) mass is 535 g/mol. The van der Waals surface area contributed by atoms with Gasteiger partial charge in [0.15, 0.2) is 23.2 Å². The van der Waals surface area contributed by atoms with Gasteiger partial charge < -0.3 is 24.8 Å². The summed E-state index contributed by atoms with van der Waals surface area (Å²) in [6, 6.07) is 3.67. The van der Waals surface area contributed by atoms with Crippen LogP contribution in [0.2, 0.25) is 0 Å². The molecule has 0 atom stereocenters. The van der Waals surface area contributed by atoms with Gasteiger partial charge >= 0.3 is 17.9 Å². The number of nitrogen functional groups attached to an aromatic ring is 1. The normalized spacial score (nSPS) is 11.2. The molecule has 15 heteroatoms. The van der Waals surface area contributed by atoms with Crippen molar-refractivity contribution in [1.82, 2.24) is 15.8 Å². The fraction of sp³-hybridized carbons (Fsp3) is 0.318. The first kappa shape index (κ1) is 28.7. The molecule has 4 N–H and O–H groups in total. The van der Waals surface area contributed by atoms with Crippen LogP contribution in [0.5, 0.6) is 11.5 Å². The largest absolute Gasteiger partial charge is 0.455 e. The molecular formula is C22H25N5O9S. The van der Waals surface area contributed by atoms with Gasteiger partial charge in [-0.15, -0.1) is 11.3 Å². The number of benzene rings is 1. The van der Waals surface area contributed by atoms with E-state index < -0.39 is 41.9 Å². The summed E-state index contributed by atoms with van der Waals surface area (Å²) < 4.78 is 15.2. The van der Waals surface area contributed by atoms with E-state index >= 15 is 0 Å². The van der Waals surface area contributed by atoms with Crippen LogP contribution in [-0.4, -0.2) is 52.6 Å². The number of rotatable bonds is 8. The van der Waals surface area contributed by atoms with Crippen LogP contribution in [0.3, 0.4) is 0 Å². The molecule has 1 aromatic carbocycles.